The van der Waals surface area contributed by atoms with Crippen molar-refractivity contribution in [3.8, 4) is 0 Å². The zero-order valence-electron chi connectivity index (χ0n) is 12.7. The molecule has 1 saturated carbocycles. The summed E-state index contributed by atoms with van der Waals surface area (Å²) in [4.78, 5) is 0. The second-order valence-electron chi connectivity index (χ2n) is 5.90. The smallest absolute Gasteiger partial charge is 0.0644 e. The van der Waals surface area contributed by atoms with E-state index >= 15 is 0 Å². The topological polar surface area (TPSA) is 55.9 Å². The molecule has 0 aromatic carbocycles. The lowest BCUT2D eigenvalue weighted by Gasteiger charge is -2.29. The van der Waals surface area contributed by atoms with Gasteiger partial charge in [-0.05, 0) is 53.4 Å². The average Bonchev–Trinajstić information content (AvgIpc) is 2.67. The molecule has 0 amide bonds. The van der Waals surface area contributed by atoms with Crippen molar-refractivity contribution in [3.63, 3.8) is 0 Å². The van der Waals surface area contributed by atoms with Crippen LogP contribution >= 0.6 is 0 Å². The van der Waals surface area contributed by atoms with Crippen molar-refractivity contribution in [2.45, 2.75) is 78.0 Å². The molecule has 1 fully saturated rings. The largest absolute Gasteiger partial charge is 0.328 e. The van der Waals surface area contributed by atoms with Gasteiger partial charge in [-0.3, -0.25) is 4.68 Å². The first kappa shape index (κ1) is 14.5. The van der Waals surface area contributed by atoms with E-state index in [-0.39, 0.29) is 0 Å². The Labute approximate surface area is 116 Å². The highest BCUT2D eigenvalue weighted by atomic mass is 15.3. The van der Waals surface area contributed by atoms with Crippen molar-refractivity contribution in [3.05, 3.63) is 17.0 Å². The Balaban J connectivity index is 2.03. The Kier molecular flexibility index (Phi) is 4.63. The maximum atomic E-state index is 5.97. The van der Waals surface area contributed by atoms with Crippen molar-refractivity contribution in [1.82, 2.24) is 15.1 Å². The number of nitrogens with two attached hydrogens (primary N) is 1. The minimum Gasteiger partial charge on any atom is -0.328 e. The summed E-state index contributed by atoms with van der Waals surface area (Å²) in [5, 5.41) is 8.38. The van der Waals surface area contributed by atoms with Gasteiger partial charge >= 0.3 is 0 Å². The van der Waals surface area contributed by atoms with Gasteiger partial charge in [-0.2, -0.15) is 5.10 Å². The van der Waals surface area contributed by atoms with E-state index < -0.39 is 0 Å². The summed E-state index contributed by atoms with van der Waals surface area (Å²) in [6.45, 7) is 9.63. The third-order valence-corrected chi connectivity index (χ3v) is 4.43. The first-order valence-corrected chi connectivity index (χ1v) is 7.58. The van der Waals surface area contributed by atoms with Crippen LogP contribution in [-0.2, 0) is 6.54 Å². The lowest BCUT2D eigenvalue weighted by atomic mass is 9.91. The van der Waals surface area contributed by atoms with Gasteiger partial charge in [0.15, 0.2) is 0 Å². The summed E-state index contributed by atoms with van der Waals surface area (Å²) in [6, 6.07) is 1.40. The first-order chi connectivity index (χ1) is 9.02. The van der Waals surface area contributed by atoms with Crippen molar-refractivity contribution in [2.75, 3.05) is 0 Å². The van der Waals surface area contributed by atoms with Gasteiger partial charge in [0.2, 0.25) is 0 Å². The standard InChI is InChI=1S/C15H28N4/c1-5-19-12(4)15(11(3)18-19)10(2)17-14-8-6-13(16)7-9-14/h10,13-14,17H,5-9,16H2,1-4H3. The summed E-state index contributed by atoms with van der Waals surface area (Å²) >= 11 is 0. The third kappa shape index (κ3) is 3.18. The van der Waals surface area contributed by atoms with Gasteiger partial charge in [-0.1, -0.05) is 0 Å². The molecule has 0 radical (unpaired) electrons. The van der Waals surface area contributed by atoms with Crippen LogP contribution in [0.2, 0.25) is 0 Å². The molecule has 4 heteroatoms. The van der Waals surface area contributed by atoms with Gasteiger partial charge in [0.05, 0.1) is 5.69 Å². The maximum Gasteiger partial charge on any atom is 0.0644 e. The van der Waals surface area contributed by atoms with E-state index in [9.17, 15) is 0 Å². The third-order valence-electron chi connectivity index (χ3n) is 4.43. The number of hydrogen-bond donors (Lipinski definition) is 2. The van der Waals surface area contributed by atoms with E-state index in [0.717, 1.165) is 25.1 Å². The highest BCUT2D eigenvalue weighted by molar-refractivity contribution is 5.27. The minimum absolute atomic E-state index is 0.375. The molecule has 2 rings (SSSR count). The van der Waals surface area contributed by atoms with Crippen molar-refractivity contribution in [1.29, 1.82) is 0 Å². The molecule has 1 atom stereocenters. The molecule has 1 unspecified atom stereocenters. The van der Waals surface area contributed by atoms with Crippen molar-refractivity contribution < 1.29 is 0 Å². The fourth-order valence-corrected chi connectivity index (χ4v) is 3.37. The van der Waals surface area contributed by atoms with Gasteiger partial charge < -0.3 is 11.1 Å². The van der Waals surface area contributed by atoms with Crippen LogP contribution in [0.1, 0.15) is 62.5 Å². The molecule has 0 aliphatic heterocycles. The Hall–Kier alpha value is -0.870. The molecule has 1 heterocycles. The fraction of sp³-hybridized carbons (Fsp3) is 0.800. The van der Waals surface area contributed by atoms with Gasteiger partial charge in [0.1, 0.15) is 0 Å². The van der Waals surface area contributed by atoms with Crippen LogP contribution in [0.5, 0.6) is 0 Å². The van der Waals surface area contributed by atoms with Crippen LogP contribution in [0.3, 0.4) is 0 Å². The van der Waals surface area contributed by atoms with E-state index in [1.54, 1.807) is 0 Å². The zero-order valence-corrected chi connectivity index (χ0v) is 12.7. The molecule has 3 N–H and O–H groups in total. The monoisotopic (exact) mass is 264 g/mol. The lowest BCUT2D eigenvalue weighted by molar-refractivity contribution is 0.321. The molecule has 1 aromatic heterocycles. The van der Waals surface area contributed by atoms with Crippen LogP contribution in [0, 0.1) is 13.8 Å². The van der Waals surface area contributed by atoms with E-state index in [0.29, 0.717) is 18.1 Å². The predicted octanol–water partition coefficient (Wildman–Crippen LogP) is 2.44. The molecule has 108 valence electrons. The second-order valence-corrected chi connectivity index (χ2v) is 5.90. The van der Waals surface area contributed by atoms with E-state index in [1.165, 1.54) is 24.1 Å². The average molecular weight is 264 g/mol. The zero-order chi connectivity index (χ0) is 14.0. The molecule has 0 spiro atoms. The van der Waals surface area contributed by atoms with Gasteiger partial charge in [-0.25, -0.2) is 0 Å². The van der Waals surface area contributed by atoms with Crippen LogP contribution in [0.4, 0.5) is 0 Å². The molecule has 19 heavy (non-hydrogen) atoms. The van der Waals surface area contributed by atoms with Gasteiger partial charge in [0.25, 0.3) is 0 Å². The first-order valence-electron chi connectivity index (χ1n) is 7.58. The minimum atomic E-state index is 0.375. The quantitative estimate of drug-likeness (QED) is 0.878. The molecule has 1 aromatic rings. The second kappa shape index (κ2) is 6.06. The summed E-state index contributed by atoms with van der Waals surface area (Å²) in [6.07, 6.45) is 4.70. The van der Waals surface area contributed by atoms with Gasteiger partial charge in [0, 0.05) is 35.9 Å². The summed E-state index contributed by atoms with van der Waals surface area (Å²) in [7, 11) is 0. The molecule has 1 aliphatic carbocycles. The summed E-state index contributed by atoms with van der Waals surface area (Å²) < 4.78 is 2.10. The number of rotatable bonds is 4. The molecule has 1 aliphatic rings. The highest BCUT2D eigenvalue weighted by Gasteiger charge is 2.23. The van der Waals surface area contributed by atoms with E-state index in [4.69, 9.17) is 5.73 Å². The van der Waals surface area contributed by atoms with Crippen molar-refractivity contribution >= 4 is 0 Å². The lowest BCUT2D eigenvalue weighted by Crippen LogP contribution is -2.38. The number of nitrogens with one attached hydrogen (secondary N) is 1. The molecule has 4 nitrogen and oxygen atoms in total. The molecular weight excluding hydrogens is 236 g/mol. The van der Waals surface area contributed by atoms with Crippen molar-refractivity contribution in [2.24, 2.45) is 5.73 Å². The number of nitrogens with zero attached hydrogens (tertiary/aromatic N) is 2. The predicted molar refractivity (Wildman–Crippen MR) is 79.2 cm³/mol. The van der Waals surface area contributed by atoms with Crippen LogP contribution in [-0.4, -0.2) is 21.9 Å². The Bertz CT molecular complexity index is 416. The SMILES string of the molecule is CCn1nc(C)c(C(C)NC2CCC(N)CC2)c1C. The number of aryl methyl sites for hydroxylation is 2. The molecule has 0 saturated heterocycles. The summed E-state index contributed by atoms with van der Waals surface area (Å²) in [5.41, 5.74) is 9.80. The number of aromatic nitrogens is 2. The van der Waals surface area contributed by atoms with Gasteiger partial charge in [-0.15, -0.1) is 0 Å². The van der Waals surface area contributed by atoms with E-state index in [2.05, 4.69) is 42.8 Å². The molecule has 0 bridgehead atoms. The fourth-order valence-electron chi connectivity index (χ4n) is 3.37. The normalized spacial score (nSPS) is 25.5. The van der Waals surface area contributed by atoms with Crippen LogP contribution in [0.25, 0.3) is 0 Å². The Morgan fingerprint density at radius 1 is 1.32 bits per heavy atom. The summed E-state index contributed by atoms with van der Waals surface area (Å²) in [5.74, 6) is 0. The van der Waals surface area contributed by atoms with E-state index in [1.807, 2.05) is 0 Å². The van der Waals surface area contributed by atoms with Crippen LogP contribution in [0.15, 0.2) is 0 Å². The Morgan fingerprint density at radius 3 is 2.47 bits per heavy atom. The molecular formula is C15H28N4. The highest BCUT2D eigenvalue weighted by Crippen LogP contribution is 2.25. The maximum absolute atomic E-state index is 5.97. The number of hydrogen-bond acceptors (Lipinski definition) is 3. The van der Waals surface area contributed by atoms with Crippen LogP contribution < -0.4 is 11.1 Å². The Morgan fingerprint density at radius 2 is 1.95 bits per heavy atom.